The standard InChI is InChI=1S/C25H28F5N5OS/c1-4-14-35-25(12-6-20-5-11-23(24(16-20)36-3)33-17-19(2)32-18-33)31-13-15-34(35)21-7-9-22(10-8-21)37(26,27,28,29)30/h5-12,16-18H,4,13-15H2,1-3H3/b12-6+. The summed E-state index contributed by atoms with van der Waals surface area (Å²) in [4.78, 5) is 6.93. The molecule has 0 N–H and O–H groups in total. The molecule has 0 aliphatic carbocycles. The van der Waals surface area contributed by atoms with E-state index in [9.17, 15) is 19.4 Å². The van der Waals surface area contributed by atoms with E-state index < -0.39 is 15.1 Å². The number of methoxy groups -OCH3 is 1. The van der Waals surface area contributed by atoms with Gasteiger partial charge in [-0.2, -0.15) is 0 Å². The van der Waals surface area contributed by atoms with Gasteiger partial charge < -0.3 is 9.30 Å². The summed E-state index contributed by atoms with van der Waals surface area (Å²) in [5.41, 5.74) is 2.95. The number of halogens is 5. The highest BCUT2D eigenvalue weighted by molar-refractivity contribution is 8.45. The molecule has 37 heavy (non-hydrogen) atoms. The summed E-state index contributed by atoms with van der Waals surface area (Å²) in [6.45, 7) is 5.20. The van der Waals surface area contributed by atoms with Crippen LogP contribution in [-0.2, 0) is 0 Å². The van der Waals surface area contributed by atoms with Gasteiger partial charge in [-0.1, -0.05) is 38.5 Å². The Morgan fingerprint density at radius 1 is 1.03 bits per heavy atom. The topological polar surface area (TPSA) is 45.9 Å². The van der Waals surface area contributed by atoms with Gasteiger partial charge in [-0.25, -0.2) is 4.98 Å². The number of imidazole rings is 1. The average Bonchev–Trinajstić information content (AvgIpc) is 3.28. The number of hydrogen-bond donors (Lipinski definition) is 0. The van der Waals surface area contributed by atoms with Crippen LogP contribution in [0.1, 0.15) is 24.6 Å². The molecule has 0 radical (unpaired) electrons. The molecule has 0 atom stereocenters. The van der Waals surface area contributed by atoms with E-state index >= 15 is 0 Å². The van der Waals surface area contributed by atoms with Crippen LogP contribution in [0.15, 0.2) is 71.0 Å². The van der Waals surface area contributed by atoms with Crippen LogP contribution >= 0.6 is 10.2 Å². The Hall–Kier alpha value is -3.54. The van der Waals surface area contributed by atoms with Gasteiger partial charge in [0, 0.05) is 12.7 Å². The second kappa shape index (κ2) is 9.09. The smallest absolute Gasteiger partial charge is 0.310 e. The highest BCUT2D eigenvalue weighted by Gasteiger charge is 2.65. The molecule has 0 amide bonds. The fourth-order valence-electron chi connectivity index (χ4n) is 4.05. The van der Waals surface area contributed by atoms with E-state index in [0.29, 0.717) is 49.0 Å². The highest BCUT2D eigenvalue weighted by Crippen LogP contribution is 3.02. The number of benzene rings is 2. The number of ether oxygens (including phenoxy) is 1. The zero-order valence-corrected chi connectivity index (χ0v) is 21.4. The van der Waals surface area contributed by atoms with Crippen molar-refractivity contribution in [1.29, 1.82) is 0 Å². The van der Waals surface area contributed by atoms with Crippen molar-refractivity contribution in [3.63, 3.8) is 0 Å². The average molecular weight is 542 g/mol. The van der Waals surface area contributed by atoms with E-state index in [1.54, 1.807) is 18.4 Å². The van der Waals surface area contributed by atoms with E-state index in [2.05, 4.69) is 9.98 Å². The lowest BCUT2D eigenvalue weighted by Crippen LogP contribution is -2.50. The fraction of sp³-hybridized carbons (Fsp3) is 0.280. The van der Waals surface area contributed by atoms with Gasteiger partial charge in [0.2, 0.25) is 0 Å². The SMILES string of the molecule is CCCN1C(/C=C/c2ccc(-n3cnc(C)c3)c(OC)c2)=NCCN1c1ccc(S(F)(F)(F)(F)F)cc1. The van der Waals surface area contributed by atoms with E-state index in [4.69, 9.17) is 4.74 Å². The molecular formula is C25H28F5N5OS. The minimum absolute atomic E-state index is 0.376. The largest absolute Gasteiger partial charge is 0.495 e. The van der Waals surface area contributed by atoms with Crippen LogP contribution < -0.4 is 9.75 Å². The molecule has 1 aromatic heterocycles. The van der Waals surface area contributed by atoms with Crippen LogP contribution in [0.3, 0.4) is 0 Å². The first-order valence-electron chi connectivity index (χ1n) is 11.6. The lowest BCUT2D eigenvalue weighted by molar-refractivity contribution is 0.362. The Bertz CT molecular complexity index is 1340. The molecule has 1 aliphatic heterocycles. The lowest BCUT2D eigenvalue weighted by atomic mass is 10.1. The van der Waals surface area contributed by atoms with Crippen molar-refractivity contribution in [1.82, 2.24) is 14.6 Å². The first-order chi connectivity index (χ1) is 17.3. The number of aromatic nitrogens is 2. The molecule has 2 aromatic carbocycles. The Labute approximate surface area is 212 Å². The Balaban J connectivity index is 1.58. The molecule has 0 saturated carbocycles. The second-order valence-corrected chi connectivity index (χ2v) is 11.0. The third-order valence-corrected chi connectivity index (χ3v) is 6.94. The number of amidine groups is 1. The van der Waals surface area contributed by atoms with Crippen LogP contribution in [-0.4, -0.2) is 47.1 Å². The van der Waals surface area contributed by atoms with E-state index in [0.717, 1.165) is 35.5 Å². The maximum Gasteiger partial charge on any atom is 0.310 e. The highest BCUT2D eigenvalue weighted by atomic mass is 32.5. The van der Waals surface area contributed by atoms with Gasteiger partial charge >= 0.3 is 10.2 Å². The predicted octanol–water partition coefficient (Wildman–Crippen LogP) is 7.41. The number of nitrogens with zero attached hydrogens (tertiary/aromatic N) is 5. The molecule has 0 spiro atoms. The first-order valence-corrected chi connectivity index (χ1v) is 13.5. The molecule has 6 nitrogen and oxygen atoms in total. The van der Waals surface area contributed by atoms with Crippen LogP contribution in [0.4, 0.5) is 25.1 Å². The van der Waals surface area contributed by atoms with Crippen LogP contribution in [0.25, 0.3) is 11.8 Å². The van der Waals surface area contributed by atoms with E-state index in [1.165, 1.54) is 0 Å². The van der Waals surface area contributed by atoms with Gasteiger partial charge in [-0.15, -0.1) is 0 Å². The molecule has 1 aliphatic rings. The fourth-order valence-corrected chi connectivity index (χ4v) is 4.70. The van der Waals surface area contributed by atoms with Crippen molar-refractivity contribution in [3.05, 3.63) is 72.3 Å². The van der Waals surface area contributed by atoms with Gasteiger partial charge in [0.05, 0.1) is 43.6 Å². The molecule has 0 unspecified atom stereocenters. The normalized spacial score (nSPS) is 16.5. The van der Waals surface area contributed by atoms with Crippen molar-refractivity contribution in [2.75, 3.05) is 31.8 Å². The van der Waals surface area contributed by atoms with Gasteiger partial charge in [-0.3, -0.25) is 15.0 Å². The lowest BCUT2D eigenvalue weighted by Gasteiger charge is -2.42. The summed E-state index contributed by atoms with van der Waals surface area (Å²) >= 11 is 0. The Kier molecular flexibility index (Phi) is 6.51. The number of aliphatic imine (C=N–C) groups is 1. The number of hydrogen-bond acceptors (Lipinski definition) is 5. The van der Waals surface area contributed by atoms with Gasteiger partial charge in [0.1, 0.15) is 16.5 Å². The summed E-state index contributed by atoms with van der Waals surface area (Å²) in [5, 5.41) is 3.60. The summed E-state index contributed by atoms with van der Waals surface area (Å²) in [6, 6.07) is 8.75. The third-order valence-electron chi connectivity index (χ3n) is 5.78. The zero-order valence-electron chi connectivity index (χ0n) is 20.6. The summed E-state index contributed by atoms with van der Waals surface area (Å²) in [6.07, 6.45) is 8.03. The van der Waals surface area contributed by atoms with Crippen molar-refractivity contribution in [3.8, 4) is 11.4 Å². The zero-order chi connectivity index (χ0) is 26.9. The third kappa shape index (κ3) is 6.07. The summed E-state index contributed by atoms with van der Waals surface area (Å²) < 4.78 is 73.2. The number of rotatable bonds is 8. The van der Waals surface area contributed by atoms with Crippen molar-refractivity contribution >= 4 is 27.8 Å². The molecule has 4 rings (SSSR count). The second-order valence-electron chi connectivity index (χ2n) is 8.64. The van der Waals surface area contributed by atoms with E-state index in [-0.39, 0.29) is 0 Å². The monoisotopic (exact) mass is 541 g/mol. The quantitative estimate of drug-likeness (QED) is 0.279. The Morgan fingerprint density at radius 2 is 1.76 bits per heavy atom. The molecular weight excluding hydrogens is 513 g/mol. The van der Waals surface area contributed by atoms with E-state index in [1.807, 2.05) is 60.0 Å². The molecule has 0 bridgehead atoms. The molecule has 200 valence electrons. The first kappa shape index (κ1) is 26.5. The van der Waals surface area contributed by atoms with Crippen LogP contribution in [0, 0.1) is 6.92 Å². The Morgan fingerprint density at radius 3 is 2.35 bits per heavy atom. The van der Waals surface area contributed by atoms with Crippen molar-refractivity contribution in [2.24, 2.45) is 4.99 Å². The molecule has 12 heteroatoms. The minimum Gasteiger partial charge on any atom is -0.495 e. The van der Waals surface area contributed by atoms with Crippen LogP contribution in [0.5, 0.6) is 5.75 Å². The van der Waals surface area contributed by atoms with Crippen molar-refractivity contribution in [2.45, 2.75) is 25.2 Å². The molecule has 0 fully saturated rings. The maximum absolute atomic E-state index is 13.2. The van der Waals surface area contributed by atoms with Gasteiger partial charge in [-0.05, 0) is 61.4 Å². The molecule has 2 heterocycles. The number of anilines is 1. The van der Waals surface area contributed by atoms with Gasteiger partial charge in [0.25, 0.3) is 0 Å². The molecule has 0 saturated heterocycles. The number of hydrazine groups is 1. The molecule has 3 aromatic rings. The van der Waals surface area contributed by atoms with Crippen LogP contribution in [0.2, 0.25) is 0 Å². The minimum atomic E-state index is -9.73. The predicted molar refractivity (Wildman–Crippen MR) is 138 cm³/mol. The van der Waals surface area contributed by atoms with Gasteiger partial charge in [0.15, 0.2) is 0 Å². The summed E-state index contributed by atoms with van der Waals surface area (Å²) in [7, 11) is -8.14. The maximum atomic E-state index is 13.2. The van der Waals surface area contributed by atoms with Crippen molar-refractivity contribution < 1.29 is 24.2 Å². The number of aryl methyl sites for hydroxylation is 1. The summed E-state index contributed by atoms with van der Waals surface area (Å²) in [5.74, 6) is 1.26.